The van der Waals surface area contributed by atoms with E-state index in [1.54, 1.807) is 0 Å². The minimum absolute atomic E-state index is 0.799. The van der Waals surface area contributed by atoms with Crippen molar-refractivity contribution < 1.29 is 9.47 Å². The third-order valence-electron chi connectivity index (χ3n) is 2.65. The zero-order chi connectivity index (χ0) is 10.8. The lowest BCUT2D eigenvalue weighted by Crippen LogP contribution is -2.38. The summed E-state index contributed by atoms with van der Waals surface area (Å²) in [5, 5.41) is 0. The third-order valence-corrected chi connectivity index (χ3v) is 2.65. The molecule has 0 saturated carbocycles. The number of unbranched alkanes of at least 4 members (excludes halogenated alkanes) is 2. The van der Waals surface area contributed by atoms with Gasteiger partial charge in [0, 0.05) is 26.2 Å². The van der Waals surface area contributed by atoms with Crippen molar-refractivity contribution in [3.63, 3.8) is 0 Å². The molecule has 0 amide bonds. The fourth-order valence-electron chi connectivity index (χ4n) is 1.65. The van der Waals surface area contributed by atoms with E-state index in [2.05, 4.69) is 4.90 Å². The summed E-state index contributed by atoms with van der Waals surface area (Å²) in [5.41, 5.74) is 5.41. The van der Waals surface area contributed by atoms with E-state index < -0.39 is 0 Å². The maximum Gasteiger partial charge on any atom is 0.0594 e. The molecular formula is C11H24N2O2. The third kappa shape index (κ3) is 6.84. The van der Waals surface area contributed by atoms with E-state index >= 15 is 0 Å². The lowest BCUT2D eigenvalue weighted by molar-refractivity contribution is 0.0200. The van der Waals surface area contributed by atoms with Crippen LogP contribution in [0.5, 0.6) is 0 Å². The first kappa shape index (κ1) is 12.9. The van der Waals surface area contributed by atoms with Gasteiger partial charge in [0.25, 0.3) is 0 Å². The molecule has 0 bridgehead atoms. The maximum atomic E-state index is 5.56. The number of hydrogen-bond acceptors (Lipinski definition) is 4. The zero-order valence-corrected chi connectivity index (χ0v) is 9.62. The average Bonchev–Trinajstić information content (AvgIpc) is 2.29. The van der Waals surface area contributed by atoms with Crippen molar-refractivity contribution in [2.24, 2.45) is 5.73 Å². The van der Waals surface area contributed by atoms with Crippen molar-refractivity contribution in [2.45, 2.75) is 19.3 Å². The molecule has 0 atom stereocenters. The number of nitrogens with two attached hydrogens (primary N) is 1. The molecule has 0 aromatic rings. The van der Waals surface area contributed by atoms with Crippen LogP contribution in [0.2, 0.25) is 0 Å². The second-order valence-corrected chi connectivity index (χ2v) is 3.92. The minimum atomic E-state index is 0.799. The SMILES string of the molecule is NCCCCCOCCN1CCOCC1. The molecule has 0 aromatic heterocycles. The van der Waals surface area contributed by atoms with Crippen LogP contribution in [-0.4, -0.2) is 57.5 Å². The Balaban J connectivity index is 1.79. The average molecular weight is 216 g/mol. The van der Waals surface area contributed by atoms with Crippen molar-refractivity contribution in [1.82, 2.24) is 4.90 Å². The molecule has 0 aliphatic carbocycles. The minimum Gasteiger partial charge on any atom is -0.380 e. The molecule has 0 aromatic carbocycles. The zero-order valence-electron chi connectivity index (χ0n) is 9.62. The van der Waals surface area contributed by atoms with E-state index in [1.807, 2.05) is 0 Å². The van der Waals surface area contributed by atoms with E-state index in [9.17, 15) is 0 Å². The largest absolute Gasteiger partial charge is 0.380 e. The molecule has 1 aliphatic heterocycles. The van der Waals surface area contributed by atoms with Gasteiger partial charge in [-0.05, 0) is 25.8 Å². The molecule has 1 rings (SSSR count). The Morgan fingerprint density at radius 3 is 2.60 bits per heavy atom. The molecule has 90 valence electrons. The van der Waals surface area contributed by atoms with E-state index in [0.717, 1.165) is 65.4 Å². The van der Waals surface area contributed by atoms with Crippen LogP contribution >= 0.6 is 0 Å². The molecule has 2 N–H and O–H groups in total. The number of morpholine rings is 1. The van der Waals surface area contributed by atoms with Gasteiger partial charge < -0.3 is 15.2 Å². The predicted molar refractivity (Wildman–Crippen MR) is 61.0 cm³/mol. The van der Waals surface area contributed by atoms with Crippen LogP contribution in [0, 0.1) is 0 Å². The highest BCUT2D eigenvalue weighted by molar-refractivity contribution is 4.60. The van der Waals surface area contributed by atoms with Crippen LogP contribution in [0.1, 0.15) is 19.3 Å². The van der Waals surface area contributed by atoms with Crippen LogP contribution in [0.3, 0.4) is 0 Å². The maximum absolute atomic E-state index is 5.56. The predicted octanol–water partition coefficient (Wildman–Crippen LogP) is 0.464. The number of nitrogens with zero attached hydrogens (tertiary/aromatic N) is 1. The summed E-state index contributed by atoms with van der Waals surface area (Å²) in [6.07, 6.45) is 3.45. The molecular weight excluding hydrogens is 192 g/mol. The van der Waals surface area contributed by atoms with Gasteiger partial charge in [0.15, 0.2) is 0 Å². The normalized spacial score (nSPS) is 18.2. The highest BCUT2D eigenvalue weighted by Gasteiger charge is 2.08. The smallest absolute Gasteiger partial charge is 0.0594 e. The van der Waals surface area contributed by atoms with Crippen LogP contribution in [0.25, 0.3) is 0 Å². The van der Waals surface area contributed by atoms with Gasteiger partial charge in [-0.25, -0.2) is 0 Å². The first-order chi connectivity index (χ1) is 7.43. The van der Waals surface area contributed by atoms with Gasteiger partial charge in [0.1, 0.15) is 0 Å². The van der Waals surface area contributed by atoms with E-state index in [0.29, 0.717) is 0 Å². The van der Waals surface area contributed by atoms with Gasteiger partial charge in [0.2, 0.25) is 0 Å². The highest BCUT2D eigenvalue weighted by Crippen LogP contribution is 1.97. The molecule has 1 saturated heterocycles. The van der Waals surface area contributed by atoms with E-state index in [4.69, 9.17) is 15.2 Å². The Kier molecular flexibility index (Phi) is 7.83. The molecule has 15 heavy (non-hydrogen) atoms. The Morgan fingerprint density at radius 1 is 1.07 bits per heavy atom. The fourth-order valence-corrected chi connectivity index (χ4v) is 1.65. The summed E-state index contributed by atoms with van der Waals surface area (Å²) in [7, 11) is 0. The molecule has 1 fully saturated rings. The summed E-state index contributed by atoms with van der Waals surface area (Å²) in [5.74, 6) is 0. The lowest BCUT2D eigenvalue weighted by atomic mass is 10.2. The Hall–Kier alpha value is -0.160. The second-order valence-electron chi connectivity index (χ2n) is 3.92. The van der Waals surface area contributed by atoms with Crippen molar-refractivity contribution in [3.8, 4) is 0 Å². The van der Waals surface area contributed by atoms with Gasteiger partial charge in [0.05, 0.1) is 19.8 Å². The fraction of sp³-hybridized carbons (Fsp3) is 1.00. The van der Waals surface area contributed by atoms with Gasteiger partial charge in [-0.2, -0.15) is 0 Å². The van der Waals surface area contributed by atoms with Crippen LogP contribution in [0.4, 0.5) is 0 Å². The monoisotopic (exact) mass is 216 g/mol. The van der Waals surface area contributed by atoms with Crippen molar-refractivity contribution in [3.05, 3.63) is 0 Å². The standard InChI is InChI=1S/C11H24N2O2/c12-4-2-1-3-8-14-9-5-13-6-10-15-11-7-13/h1-12H2. The van der Waals surface area contributed by atoms with Gasteiger partial charge in [-0.15, -0.1) is 0 Å². The van der Waals surface area contributed by atoms with Crippen LogP contribution < -0.4 is 5.73 Å². The number of hydrogen-bond donors (Lipinski definition) is 1. The second kappa shape index (κ2) is 9.09. The summed E-state index contributed by atoms with van der Waals surface area (Å²) in [4.78, 5) is 2.39. The molecule has 0 unspecified atom stereocenters. The summed E-state index contributed by atoms with van der Waals surface area (Å²) in [6, 6.07) is 0. The number of ether oxygens (including phenoxy) is 2. The van der Waals surface area contributed by atoms with Crippen LogP contribution in [0.15, 0.2) is 0 Å². The summed E-state index contributed by atoms with van der Waals surface area (Å²) < 4.78 is 10.8. The topological polar surface area (TPSA) is 47.7 Å². The molecule has 1 aliphatic rings. The van der Waals surface area contributed by atoms with Crippen molar-refractivity contribution >= 4 is 0 Å². The van der Waals surface area contributed by atoms with E-state index in [-0.39, 0.29) is 0 Å². The van der Waals surface area contributed by atoms with Crippen molar-refractivity contribution in [2.75, 3.05) is 52.6 Å². The van der Waals surface area contributed by atoms with Gasteiger partial charge >= 0.3 is 0 Å². The van der Waals surface area contributed by atoms with Crippen LogP contribution in [-0.2, 0) is 9.47 Å². The number of rotatable bonds is 8. The van der Waals surface area contributed by atoms with Gasteiger partial charge in [-0.3, -0.25) is 4.90 Å². The van der Waals surface area contributed by atoms with Gasteiger partial charge in [-0.1, -0.05) is 0 Å². The molecule has 1 heterocycles. The first-order valence-corrected chi connectivity index (χ1v) is 6.01. The Bertz CT molecular complexity index is 139. The molecule has 0 radical (unpaired) electrons. The summed E-state index contributed by atoms with van der Waals surface area (Å²) in [6.45, 7) is 7.42. The Morgan fingerprint density at radius 2 is 1.87 bits per heavy atom. The van der Waals surface area contributed by atoms with Crippen molar-refractivity contribution in [1.29, 1.82) is 0 Å². The lowest BCUT2D eigenvalue weighted by Gasteiger charge is -2.26. The molecule has 0 spiro atoms. The molecule has 4 heteroatoms. The van der Waals surface area contributed by atoms with E-state index in [1.165, 1.54) is 6.42 Å². The highest BCUT2D eigenvalue weighted by atomic mass is 16.5. The quantitative estimate of drug-likeness (QED) is 0.599. The molecule has 4 nitrogen and oxygen atoms in total. The first-order valence-electron chi connectivity index (χ1n) is 6.01. The summed E-state index contributed by atoms with van der Waals surface area (Å²) >= 11 is 0. The Labute approximate surface area is 92.7 Å².